The molecule has 0 radical (unpaired) electrons. The van der Waals surface area contributed by atoms with Crippen molar-refractivity contribution in [1.82, 2.24) is 10.2 Å². The van der Waals surface area contributed by atoms with Crippen LogP contribution in [0.5, 0.6) is 0 Å². The van der Waals surface area contributed by atoms with Crippen LogP contribution in [0.2, 0.25) is 0 Å². The van der Waals surface area contributed by atoms with Gasteiger partial charge in [-0.15, -0.1) is 0 Å². The van der Waals surface area contributed by atoms with Crippen LogP contribution in [0.1, 0.15) is 29.9 Å². The first-order chi connectivity index (χ1) is 12.5. The van der Waals surface area contributed by atoms with Crippen molar-refractivity contribution < 1.29 is 13.6 Å². The van der Waals surface area contributed by atoms with Crippen LogP contribution < -0.4 is 5.32 Å². The average Bonchev–Trinajstić information content (AvgIpc) is 3.05. The number of carbonyl (C=O) groups is 1. The van der Waals surface area contributed by atoms with E-state index in [9.17, 15) is 13.6 Å². The smallest absolute Gasteiger partial charge is 0.225 e. The lowest BCUT2D eigenvalue weighted by atomic mass is 9.88. The average molecular weight is 358 g/mol. The molecule has 0 bridgehead atoms. The normalized spacial score (nSPS) is 22.4. The molecule has 3 atom stereocenters. The summed E-state index contributed by atoms with van der Waals surface area (Å²) < 4.78 is 27.1. The van der Waals surface area contributed by atoms with Gasteiger partial charge in [0.05, 0.1) is 0 Å². The van der Waals surface area contributed by atoms with E-state index < -0.39 is 0 Å². The van der Waals surface area contributed by atoms with Crippen LogP contribution in [-0.4, -0.2) is 30.9 Å². The molecule has 2 aromatic carbocycles. The quantitative estimate of drug-likeness (QED) is 0.884. The van der Waals surface area contributed by atoms with Gasteiger partial charge in [-0.25, -0.2) is 8.78 Å². The van der Waals surface area contributed by atoms with E-state index in [1.807, 2.05) is 6.07 Å². The molecular formula is C21H24F2N2O. The van der Waals surface area contributed by atoms with Crippen LogP contribution in [0.25, 0.3) is 0 Å². The minimum absolute atomic E-state index is 0.0311. The number of hydrogen-bond acceptors (Lipinski definition) is 2. The molecule has 1 fully saturated rings. The fraction of sp³-hybridized carbons (Fsp3) is 0.381. The molecule has 1 saturated carbocycles. The number of amides is 1. The van der Waals surface area contributed by atoms with Crippen LogP contribution in [0.15, 0.2) is 48.5 Å². The predicted octanol–water partition coefficient (Wildman–Crippen LogP) is 3.71. The van der Waals surface area contributed by atoms with Crippen LogP contribution in [-0.2, 0) is 11.3 Å². The van der Waals surface area contributed by atoms with E-state index in [0.29, 0.717) is 18.5 Å². The predicted molar refractivity (Wildman–Crippen MR) is 97.6 cm³/mol. The lowest BCUT2D eigenvalue weighted by molar-refractivity contribution is -0.133. The monoisotopic (exact) mass is 358 g/mol. The van der Waals surface area contributed by atoms with E-state index in [0.717, 1.165) is 12.0 Å². The zero-order valence-electron chi connectivity index (χ0n) is 15.1. The van der Waals surface area contributed by atoms with Crippen LogP contribution >= 0.6 is 0 Å². The molecule has 0 aliphatic heterocycles. The van der Waals surface area contributed by atoms with Crippen LogP contribution in [0.4, 0.5) is 8.78 Å². The molecular weight excluding hydrogens is 334 g/mol. The summed E-state index contributed by atoms with van der Waals surface area (Å²) in [7, 11) is 3.51. The largest absolute Gasteiger partial charge is 0.349 e. The molecule has 0 aromatic heterocycles. The van der Waals surface area contributed by atoms with E-state index in [4.69, 9.17) is 0 Å². The molecule has 1 aliphatic rings. The van der Waals surface area contributed by atoms with Crippen LogP contribution in [0, 0.1) is 17.6 Å². The second-order valence-electron chi connectivity index (χ2n) is 7.14. The Morgan fingerprint density at radius 1 is 1.08 bits per heavy atom. The summed E-state index contributed by atoms with van der Waals surface area (Å²) in [6, 6.07) is 13.2. The fourth-order valence-electron chi connectivity index (χ4n) is 3.78. The highest BCUT2D eigenvalue weighted by Gasteiger charge is 2.40. The molecule has 0 spiro atoms. The Labute approximate surface area is 153 Å². The van der Waals surface area contributed by atoms with Crippen molar-refractivity contribution in [3.05, 3.63) is 71.3 Å². The summed E-state index contributed by atoms with van der Waals surface area (Å²) >= 11 is 0. The third-order valence-corrected chi connectivity index (χ3v) is 5.16. The Morgan fingerprint density at radius 2 is 1.77 bits per heavy atom. The van der Waals surface area contributed by atoms with Gasteiger partial charge in [-0.05, 0) is 42.5 Å². The van der Waals surface area contributed by atoms with Gasteiger partial charge >= 0.3 is 0 Å². The van der Waals surface area contributed by atoms with Crippen LogP contribution in [0.3, 0.4) is 0 Å². The number of nitrogens with one attached hydrogen (secondary N) is 1. The Kier molecular flexibility index (Phi) is 5.67. The summed E-state index contributed by atoms with van der Waals surface area (Å²) in [6.45, 7) is 0.427. The fourth-order valence-corrected chi connectivity index (χ4v) is 3.78. The summed E-state index contributed by atoms with van der Waals surface area (Å²) in [4.78, 5) is 14.2. The van der Waals surface area contributed by atoms with Gasteiger partial charge in [-0.1, -0.05) is 30.3 Å². The first-order valence-electron chi connectivity index (χ1n) is 8.89. The van der Waals surface area contributed by atoms with Gasteiger partial charge in [0.1, 0.15) is 11.6 Å². The maximum atomic E-state index is 13.8. The summed E-state index contributed by atoms with van der Waals surface area (Å²) in [5, 5.41) is 3.39. The first-order valence-corrected chi connectivity index (χ1v) is 8.89. The zero-order chi connectivity index (χ0) is 18.7. The molecule has 2 aromatic rings. The Bertz CT molecular complexity index is 761. The second-order valence-corrected chi connectivity index (χ2v) is 7.14. The van der Waals surface area contributed by atoms with E-state index in [1.165, 1.54) is 18.2 Å². The van der Waals surface area contributed by atoms with Gasteiger partial charge in [-0.2, -0.15) is 0 Å². The number of benzene rings is 2. The highest BCUT2D eigenvalue weighted by Crippen LogP contribution is 2.40. The van der Waals surface area contributed by atoms with Gasteiger partial charge in [0, 0.05) is 38.2 Å². The number of rotatable bonds is 5. The van der Waals surface area contributed by atoms with Crippen molar-refractivity contribution in [3.63, 3.8) is 0 Å². The molecule has 1 aliphatic carbocycles. The lowest BCUT2D eigenvalue weighted by Crippen LogP contribution is -2.32. The van der Waals surface area contributed by atoms with Gasteiger partial charge in [0.15, 0.2) is 0 Å². The third-order valence-electron chi connectivity index (χ3n) is 5.16. The second kappa shape index (κ2) is 7.96. The lowest BCUT2D eigenvalue weighted by Gasteiger charge is -2.22. The molecule has 0 saturated heterocycles. The molecule has 3 nitrogen and oxygen atoms in total. The molecule has 0 unspecified atom stereocenters. The minimum atomic E-state index is -0.281. The highest BCUT2D eigenvalue weighted by molar-refractivity contribution is 5.80. The van der Waals surface area contributed by atoms with E-state index in [-0.39, 0.29) is 35.4 Å². The maximum absolute atomic E-state index is 13.8. The number of halogens is 2. The van der Waals surface area contributed by atoms with Crippen molar-refractivity contribution >= 4 is 5.91 Å². The summed E-state index contributed by atoms with van der Waals surface area (Å²) in [6.07, 6.45) is 1.46. The molecule has 26 heavy (non-hydrogen) atoms. The molecule has 1 N–H and O–H groups in total. The number of carbonyl (C=O) groups excluding carboxylic acids is 1. The molecule has 3 rings (SSSR count). The first kappa shape index (κ1) is 18.5. The number of nitrogens with zero attached hydrogens (tertiary/aromatic N) is 1. The Hall–Kier alpha value is -2.27. The topological polar surface area (TPSA) is 32.3 Å². The summed E-state index contributed by atoms with van der Waals surface area (Å²) in [5.74, 6) is -0.558. The Morgan fingerprint density at radius 3 is 2.42 bits per heavy atom. The van der Waals surface area contributed by atoms with Crippen molar-refractivity contribution in [2.75, 3.05) is 14.1 Å². The van der Waals surface area contributed by atoms with Gasteiger partial charge in [0.25, 0.3) is 0 Å². The van der Waals surface area contributed by atoms with Crippen molar-refractivity contribution in [1.29, 1.82) is 0 Å². The molecule has 138 valence electrons. The SMILES string of the molecule is CN(C)C(=O)[C@H]1C[C@@H](NCc2ccccc2F)C[C@@H]1c1ccc(F)cc1. The molecule has 0 heterocycles. The number of hydrogen-bond donors (Lipinski definition) is 1. The van der Waals surface area contributed by atoms with Gasteiger partial charge in [-0.3, -0.25) is 4.79 Å². The minimum Gasteiger partial charge on any atom is -0.349 e. The summed E-state index contributed by atoms with van der Waals surface area (Å²) in [5.41, 5.74) is 1.59. The van der Waals surface area contributed by atoms with Crippen molar-refractivity contribution in [2.24, 2.45) is 5.92 Å². The van der Waals surface area contributed by atoms with Gasteiger partial charge in [0.2, 0.25) is 5.91 Å². The van der Waals surface area contributed by atoms with E-state index in [2.05, 4.69) is 5.32 Å². The van der Waals surface area contributed by atoms with E-state index in [1.54, 1.807) is 43.3 Å². The molecule has 5 heteroatoms. The maximum Gasteiger partial charge on any atom is 0.225 e. The molecule has 1 amide bonds. The standard InChI is InChI=1S/C21H24F2N2O/c1-25(2)21(26)19-12-17(24-13-15-5-3-4-6-20(15)23)11-18(19)14-7-9-16(22)10-8-14/h3-10,17-19,24H,11-13H2,1-2H3/t17-,18+,19-/m0/s1. The van der Waals surface area contributed by atoms with Crippen molar-refractivity contribution in [2.45, 2.75) is 31.3 Å². The van der Waals surface area contributed by atoms with E-state index >= 15 is 0 Å². The van der Waals surface area contributed by atoms with Gasteiger partial charge < -0.3 is 10.2 Å². The zero-order valence-corrected chi connectivity index (χ0v) is 15.1. The Balaban J connectivity index is 1.74. The highest BCUT2D eigenvalue weighted by atomic mass is 19.1. The third kappa shape index (κ3) is 4.10. The van der Waals surface area contributed by atoms with Crippen molar-refractivity contribution in [3.8, 4) is 0 Å².